The van der Waals surface area contributed by atoms with Crippen LogP contribution in [0.1, 0.15) is 40.1 Å². The molecule has 0 spiro atoms. The molecule has 1 amide bonds. The van der Waals surface area contributed by atoms with E-state index < -0.39 is 0 Å². The number of aryl methyl sites for hydroxylation is 2. The van der Waals surface area contributed by atoms with Crippen LogP contribution in [0.3, 0.4) is 0 Å². The van der Waals surface area contributed by atoms with Crippen molar-refractivity contribution in [2.24, 2.45) is 0 Å². The minimum absolute atomic E-state index is 0.0395. The highest BCUT2D eigenvalue weighted by atomic mass is 16.5. The molecule has 0 fully saturated rings. The van der Waals surface area contributed by atoms with E-state index in [-0.39, 0.29) is 11.9 Å². The van der Waals surface area contributed by atoms with Crippen molar-refractivity contribution in [3.63, 3.8) is 0 Å². The number of ether oxygens (including phenoxy) is 1. The van der Waals surface area contributed by atoms with Gasteiger partial charge in [-0.05, 0) is 26.8 Å². The molecule has 1 atom stereocenters. The first-order valence-corrected chi connectivity index (χ1v) is 7.50. The van der Waals surface area contributed by atoms with Crippen LogP contribution in [0, 0.1) is 13.8 Å². The average Bonchev–Trinajstić information content (AvgIpc) is 3.02. The molecule has 1 aliphatic rings. The predicted octanol–water partition coefficient (Wildman–Crippen LogP) is 1.11. The number of H-pyrrole nitrogens is 1. The molecule has 0 radical (unpaired) electrons. The van der Waals surface area contributed by atoms with Gasteiger partial charge in [-0.15, -0.1) is 0 Å². The van der Waals surface area contributed by atoms with Crippen LogP contribution < -0.4 is 5.32 Å². The molecule has 118 valence electrons. The zero-order valence-electron chi connectivity index (χ0n) is 13.1. The Labute approximate surface area is 129 Å². The third kappa shape index (κ3) is 2.89. The molecule has 0 aliphatic carbocycles. The van der Waals surface area contributed by atoms with Crippen molar-refractivity contribution < 1.29 is 9.53 Å². The summed E-state index contributed by atoms with van der Waals surface area (Å²) in [5, 5.41) is 14.5. The van der Waals surface area contributed by atoms with Gasteiger partial charge >= 0.3 is 0 Å². The molecular formula is C15H21N5O2. The standard InChI is InChI=1S/C15H21N5O2/c1-9-6-11(3)20(19-9)7-10(2)16-15(21)14-12-8-22-5-4-13(12)17-18-14/h6,10H,4-5,7-8H2,1-3H3,(H,16,21)(H,17,18)/t10-/m1/s1. The van der Waals surface area contributed by atoms with Crippen LogP contribution in [0.25, 0.3) is 0 Å². The maximum Gasteiger partial charge on any atom is 0.272 e. The number of hydrogen-bond acceptors (Lipinski definition) is 4. The first-order valence-electron chi connectivity index (χ1n) is 7.50. The fourth-order valence-electron chi connectivity index (χ4n) is 2.76. The monoisotopic (exact) mass is 303 g/mol. The third-order valence-electron chi connectivity index (χ3n) is 3.84. The highest BCUT2D eigenvalue weighted by Crippen LogP contribution is 2.18. The van der Waals surface area contributed by atoms with Gasteiger partial charge in [-0.25, -0.2) is 0 Å². The van der Waals surface area contributed by atoms with E-state index in [0.29, 0.717) is 25.5 Å². The normalized spacial score (nSPS) is 15.4. The Morgan fingerprint density at radius 2 is 2.36 bits per heavy atom. The number of carbonyl (C=O) groups is 1. The summed E-state index contributed by atoms with van der Waals surface area (Å²) < 4.78 is 7.32. The first-order chi connectivity index (χ1) is 10.5. The molecule has 7 heteroatoms. The van der Waals surface area contributed by atoms with Crippen molar-refractivity contribution in [1.82, 2.24) is 25.3 Å². The Morgan fingerprint density at radius 1 is 1.55 bits per heavy atom. The van der Waals surface area contributed by atoms with Crippen molar-refractivity contribution in [2.45, 2.75) is 46.4 Å². The van der Waals surface area contributed by atoms with E-state index in [1.807, 2.05) is 31.5 Å². The number of carbonyl (C=O) groups excluding carboxylic acids is 1. The highest BCUT2D eigenvalue weighted by Gasteiger charge is 2.23. The lowest BCUT2D eigenvalue weighted by Crippen LogP contribution is -2.37. The zero-order chi connectivity index (χ0) is 15.7. The van der Waals surface area contributed by atoms with Crippen LogP contribution in [-0.2, 0) is 24.3 Å². The minimum Gasteiger partial charge on any atom is -0.376 e. The zero-order valence-corrected chi connectivity index (χ0v) is 13.1. The van der Waals surface area contributed by atoms with E-state index in [2.05, 4.69) is 20.6 Å². The van der Waals surface area contributed by atoms with Crippen molar-refractivity contribution >= 4 is 5.91 Å². The lowest BCUT2D eigenvalue weighted by molar-refractivity contribution is 0.0909. The summed E-state index contributed by atoms with van der Waals surface area (Å²) in [4.78, 5) is 12.4. The number of nitrogens with one attached hydrogen (secondary N) is 2. The summed E-state index contributed by atoms with van der Waals surface area (Å²) in [6.45, 7) is 7.68. The Bertz CT molecular complexity index is 688. The van der Waals surface area contributed by atoms with E-state index in [4.69, 9.17) is 4.74 Å². The third-order valence-corrected chi connectivity index (χ3v) is 3.84. The van der Waals surface area contributed by atoms with Crippen molar-refractivity contribution in [3.8, 4) is 0 Å². The number of fused-ring (bicyclic) bond motifs is 1. The summed E-state index contributed by atoms with van der Waals surface area (Å²) in [6, 6.07) is 1.98. The molecular weight excluding hydrogens is 282 g/mol. The average molecular weight is 303 g/mol. The summed E-state index contributed by atoms with van der Waals surface area (Å²) in [6.07, 6.45) is 0.775. The van der Waals surface area contributed by atoms with Crippen LogP contribution in [0.4, 0.5) is 0 Å². The van der Waals surface area contributed by atoms with Crippen LogP contribution >= 0.6 is 0 Å². The van der Waals surface area contributed by atoms with Gasteiger partial charge in [-0.1, -0.05) is 0 Å². The van der Waals surface area contributed by atoms with Gasteiger partial charge in [0.15, 0.2) is 5.69 Å². The van der Waals surface area contributed by atoms with Gasteiger partial charge in [-0.3, -0.25) is 14.6 Å². The molecule has 22 heavy (non-hydrogen) atoms. The molecule has 3 rings (SSSR count). The fourth-order valence-corrected chi connectivity index (χ4v) is 2.76. The van der Waals surface area contributed by atoms with Gasteiger partial charge in [0.25, 0.3) is 5.91 Å². The Hall–Kier alpha value is -2.15. The fraction of sp³-hybridized carbons (Fsp3) is 0.533. The van der Waals surface area contributed by atoms with Gasteiger partial charge in [0.2, 0.25) is 0 Å². The van der Waals surface area contributed by atoms with Crippen LogP contribution in [-0.4, -0.2) is 38.5 Å². The molecule has 0 saturated heterocycles. The maximum absolute atomic E-state index is 12.4. The van der Waals surface area contributed by atoms with E-state index in [1.54, 1.807) is 0 Å². The lowest BCUT2D eigenvalue weighted by atomic mass is 10.1. The number of rotatable bonds is 4. The second-order valence-electron chi connectivity index (χ2n) is 5.82. The van der Waals surface area contributed by atoms with E-state index >= 15 is 0 Å². The van der Waals surface area contributed by atoms with Crippen LogP contribution in [0.15, 0.2) is 6.07 Å². The molecule has 2 aromatic heterocycles. The van der Waals surface area contributed by atoms with Crippen LogP contribution in [0.5, 0.6) is 0 Å². The summed E-state index contributed by atoms with van der Waals surface area (Å²) in [5.74, 6) is -0.169. The quantitative estimate of drug-likeness (QED) is 0.886. The van der Waals surface area contributed by atoms with Crippen molar-refractivity contribution in [1.29, 1.82) is 0 Å². The van der Waals surface area contributed by atoms with Crippen molar-refractivity contribution in [2.75, 3.05) is 6.61 Å². The van der Waals surface area contributed by atoms with Gasteiger partial charge < -0.3 is 10.1 Å². The molecule has 0 saturated carbocycles. The smallest absolute Gasteiger partial charge is 0.272 e. The predicted molar refractivity (Wildman–Crippen MR) is 80.6 cm³/mol. The number of amides is 1. The second-order valence-corrected chi connectivity index (χ2v) is 5.82. The second kappa shape index (κ2) is 5.92. The summed E-state index contributed by atoms with van der Waals surface area (Å²) >= 11 is 0. The van der Waals surface area contributed by atoms with Gasteiger partial charge in [-0.2, -0.15) is 10.2 Å². The first kappa shape index (κ1) is 14.8. The largest absolute Gasteiger partial charge is 0.376 e. The summed E-state index contributed by atoms with van der Waals surface area (Å²) in [7, 11) is 0. The number of nitrogens with zero attached hydrogens (tertiary/aromatic N) is 3. The molecule has 1 aliphatic heterocycles. The molecule has 7 nitrogen and oxygen atoms in total. The van der Waals surface area contributed by atoms with E-state index in [1.165, 1.54) is 0 Å². The van der Waals surface area contributed by atoms with Gasteiger partial charge in [0, 0.05) is 29.4 Å². The minimum atomic E-state index is -0.169. The maximum atomic E-state index is 12.4. The van der Waals surface area contributed by atoms with Crippen LogP contribution in [0.2, 0.25) is 0 Å². The lowest BCUT2D eigenvalue weighted by Gasteiger charge is -2.16. The topological polar surface area (TPSA) is 84.8 Å². The summed E-state index contributed by atoms with van der Waals surface area (Å²) in [5.41, 5.74) is 4.39. The Balaban J connectivity index is 1.66. The molecule has 3 heterocycles. The number of hydrogen-bond donors (Lipinski definition) is 2. The number of aromatic amines is 1. The Morgan fingerprint density at radius 3 is 3.09 bits per heavy atom. The SMILES string of the molecule is Cc1cc(C)n(C[C@@H](C)NC(=O)c2n[nH]c3c2COCC3)n1. The molecule has 0 aromatic carbocycles. The van der Waals surface area contributed by atoms with Crippen molar-refractivity contribution in [3.05, 3.63) is 34.4 Å². The van der Waals surface area contributed by atoms with Gasteiger partial charge in [0.1, 0.15) is 0 Å². The number of aromatic nitrogens is 4. The molecule has 0 unspecified atom stereocenters. The highest BCUT2D eigenvalue weighted by molar-refractivity contribution is 5.94. The van der Waals surface area contributed by atoms with Gasteiger partial charge in [0.05, 0.1) is 25.5 Å². The van der Waals surface area contributed by atoms with E-state index in [9.17, 15) is 4.79 Å². The molecule has 2 aromatic rings. The molecule has 2 N–H and O–H groups in total. The Kier molecular flexibility index (Phi) is 3.98. The van der Waals surface area contributed by atoms with E-state index in [0.717, 1.165) is 29.1 Å². The molecule has 0 bridgehead atoms.